The van der Waals surface area contributed by atoms with Crippen LogP contribution in [0.1, 0.15) is 39.5 Å². The molecule has 1 N–H and O–H groups in total. The maximum absolute atomic E-state index is 11.5. The van der Waals surface area contributed by atoms with Gasteiger partial charge in [-0.25, -0.2) is 0 Å². The molecule has 0 rings (SSSR count). The Labute approximate surface area is 96.6 Å². The largest absolute Gasteiger partial charge is 0.468 e. The van der Waals surface area contributed by atoms with E-state index < -0.39 is 0 Å². The second kappa shape index (κ2) is 9.04. The van der Waals surface area contributed by atoms with E-state index >= 15 is 0 Å². The Morgan fingerprint density at radius 3 is 2.60 bits per heavy atom. The number of ether oxygens (including phenoxy) is 1. The van der Waals surface area contributed by atoms with Gasteiger partial charge in [0.1, 0.15) is 5.25 Å². The summed E-state index contributed by atoms with van der Waals surface area (Å²) in [6, 6.07) is 0. The molecule has 0 spiro atoms. The van der Waals surface area contributed by atoms with Crippen molar-refractivity contribution in [1.29, 1.82) is 0 Å². The van der Waals surface area contributed by atoms with Gasteiger partial charge in [-0.3, -0.25) is 4.79 Å². The molecule has 15 heavy (non-hydrogen) atoms. The van der Waals surface area contributed by atoms with Gasteiger partial charge < -0.3 is 9.84 Å². The fourth-order valence-electron chi connectivity index (χ4n) is 1.29. The van der Waals surface area contributed by atoms with Gasteiger partial charge in [0.2, 0.25) is 0 Å². The quantitative estimate of drug-likeness (QED) is 0.654. The van der Waals surface area contributed by atoms with Crippen molar-refractivity contribution in [3.63, 3.8) is 0 Å². The van der Waals surface area contributed by atoms with Crippen molar-refractivity contribution in [3.8, 4) is 0 Å². The maximum Gasteiger partial charge on any atom is 0.318 e. The van der Waals surface area contributed by atoms with Crippen LogP contribution in [0, 0.1) is 0 Å². The van der Waals surface area contributed by atoms with E-state index in [2.05, 4.69) is 6.92 Å². The van der Waals surface area contributed by atoms with Gasteiger partial charge in [-0.1, -0.05) is 26.7 Å². The highest BCUT2D eigenvalue weighted by Crippen LogP contribution is 2.25. The molecule has 0 aromatic carbocycles. The van der Waals surface area contributed by atoms with Gasteiger partial charge >= 0.3 is 5.97 Å². The highest BCUT2D eigenvalue weighted by atomic mass is 32.2. The molecule has 4 heteroatoms. The molecular weight excluding hydrogens is 212 g/mol. The maximum atomic E-state index is 11.5. The van der Waals surface area contributed by atoms with Crippen molar-refractivity contribution in [2.24, 2.45) is 0 Å². The van der Waals surface area contributed by atoms with E-state index in [0.29, 0.717) is 5.25 Å². The SMILES string of the molecule is CCCCC(SC(C)CCO)C(=O)OC. The summed E-state index contributed by atoms with van der Waals surface area (Å²) in [5.74, 6) is -0.141. The average Bonchev–Trinajstić information content (AvgIpc) is 2.23. The highest BCUT2D eigenvalue weighted by Gasteiger charge is 2.21. The fourth-order valence-corrected chi connectivity index (χ4v) is 2.61. The summed E-state index contributed by atoms with van der Waals surface area (Å²) in [5.41, 5.74) is 0. The summed E-state index contributed by atoms with van der Waals surface area (Å²) >= 11 is 1.61. The molecule has 2 unspecified atom stereocenters. The molecule has 0 aromatic rings. The molecule has 0 saturated carbocycles. The molecule has 0 aliphatic carbocycles. The molecule has 0 aromatic heterocycles. The highest BCUT2D eigenvalue weighted by molar-refractivity contribution is 8.01. The van der Waals surface area contributed by atoms with Crippen molar-refractivity contribution in [2.75, 3.05) is 13.7 Å². The number of carbonyl (C=O) groups is 1. The zero-order valence-corrected chi connectivity index (χ0v) is 10.7. The molecule has 0 fully saturated rings. The van der Waals surface area contributed by atoms with Crippen LogP contribution in [0.2, 0.25) is 0 Å². The number of esters is 1. The minimum Gasteiger partial charge on any atom is -0.468 e. The number of aliphatic hydroxyl groups excluding tert-OH is 1. The van der Waals surface area contributed by atoms with Crippen LogP contribution >= 0.6 is 11.8 Å². The molecule has 2 atom stereocenters. The lowest BCUT2D eigenvalue weighted by molar-refractivity contribution is -0.140. The number of unbranched alkanes of at least 4 members (excludes halogenated alkanes) is 1. The normalized spacial score (nSPS) is 14.7. The Balaban J connectivity index is 4.05. The summed E-state index contributed by atoms with van der Waals surface area (Å²) in [7, 11) is 1.43. The van der Waals surface area contributed by atoms with Crippen LogP contribution in [-0.4, -0.2) is 35.3 Å². The van der Waals surface area contributed by atoms with Crippen LogP contribution in [0.5, 0.6) is 0 Å². The number of aliphatic hydroxyl groups is 1. The zero-order chi connectivity index (χ0) is 11.7. The molecule has 90 valence electrons. The standard InChI is InChI=1S/C11H22O3S/c1-4-5-6-10(11(13)14-3)15-9(2)7-8-12/h9-10,12H,4-8H2,1-3H3. The Kier molecular flexibility index (Phi) is 8.91. The van der Waals surface area contributed by atoms with Gasteiger partial charge in [0.05, 0.1) is 7.11 Å². The minimum absolute atomic E-state index is 0.0727. The average molecular weight is 234 g/mol. The Morgan fingerprint density at radius 2 is 2.13 bits per heavy atom. The van der Waals surface area contributed by atoms with Gasteiger partial charge in [-0.15, -0.1) is 11.8 Å². The molecule has 0 saturated heterocycles. The lowest BCUT2D eigenvalue weighted by atomic mass is 10.2. The Bertz CT molecular complexity index is 173. The van der Waals surface area contributed by atoms with Crippen LogP contribution in [0.25, 0.3) is 0 Å². The first-order chi connectivity index (χ1) is 7.15. The van der Waals surface area contributed by atoms with Crippen LogP contribution in [0.3, 0.4) is 0 Å². The van der Waals surface area contributed by atoms with E-state index in [4.69, 9.17) is 9.84 Å². The lowest BCUT2D eigenvalue weighted by Gasteiger charge is -2.17. The molecule has 0 aliphatic rings. The van der Waals surface area contributed by atoms with Crippen molar-refractivity contribution in [2.45, 2.75) is 50.0 Å². The van der Waals surface area contributed by atoms with Crippen molar-refractivity contribution >= 4 is 17.7 Å². The van der Waals surface area contributed by atoms with Crippen molar-refractivity contribution in [1.82, 2.24) is 0 Å². The van der Waals surface area contributed by atoms with Gasteiger partial charge in [0, 0.05) is 11.9 Å². The van der Waals surface area contributed by atoms with Crippen LogP contribution < -0.4 is 0 Å². The molecule has 0 heterocycles. The summed E-state index contributed by atoms with van der Waals surface area (Å²) in [4.78, 5) is 11.5. The fraction of sp³-hybridized carbons (Fsp3) is 0.909. The number of thioether (sulfide) groups is 1. The Morgan fingerprint density at radius 1 is 1.47 bits per heavy atom. The van der Waals surface area contributed by atoms with Crippen molar-refractivity contribution in [3.05, 3.63) is 0 Å². The first kappa shape index (κ1) is 14.8. The van der Waals surface area contributed by atoms with Crippen LogP contribution in [-0.2, 0) is 9.53 Å². The van der Waals surface area contributed by atoms with Crippen molar-refractivity contribution < 1.29 is 14.6 Å². The summed E-state index contributed by atoms with van der Waals surface area (Å²) in [6.07, 6.45) is 3.72. The zero-order valence-electron chi connectivity index (χ0n) is 9.86. The number of carbonyl (C=O) groups excluding carboxylic acids is 1. The molecule has 0 aliphatic heterocycles. The van der Waals surface area contributed by atoms with E-state index in [9.17, 15) is 4.79 Å². The first-order valence-electron chi connectivity index (χ1n) is 5.49. The molecular formula is C11H22O3S. The number of hydrogen-bond donors (Lipinski definition) is 1. The molecule has 0 amide bonds. The second-order valence-electron chi connectivity index (χ2n) is 3.61. The third-order valence-electron chi connectivity index (χ3n) is 2.22. The van der Waals surface area contributed by atoms with E-state index in [-0.39, 0.29) is 17.8 Å². The predicted molar refractivity (Wildman–Crippen MR) is 64.1 cm³/mol. The molecule has 0 bridgehead atoms. The third kappa shape index (κ3) is 6.79. The number of hydrogen-bond acceptors (Lipinski definition) is 4. The van der Waals surface area contributed by atoms with Crippen LogP contribution in [0.4, 0.5) is 0 Å². The van der Waals surface area contributed by atoms with E-state index in [1.807, 2.05) is 6.92 Å². The number of rotatable bonds is 8. The Hall–Kier alpha value is -0.220. The second-order valence-corrected chi connectivity index (χ2v) is 5.26. The molecule has 3 nitrogen and oxygen atoms in total. The van der Waals surface area contributed by atoms with E-state index in [1.165, 1.54) is 7.11 Å². The minimum atomic E-state index is -0.141. The summed E-state index contributed by atoms with van der Waals surface area (Å²) in [6.45, 7) is 4.31. The lowest BCUT2D eigenvalue weighted by Crippen LogP contribution is -2.21. The van der Waals surface area contributed by atoms with Gasteiger partial charge in [-0.2, -0.15) is 0 Å². The van der Waals surface area contributed by atoms with Gasteiger partial charge in [0.15, 0.2) is 0 Å². The smallest absolute Gasteiger partial charge is 0.318 e. The summed E-state index contributed by atoms with van der Waals surface area (Å²) < 4.78 is 4.77. The number of methoxy groups -OCH3 is 1. The molecule has 0 radical (unpaired) electrons. The third-order valence-corrected chi connectivity index (χ3v) is 3.67. The topological polar surface area (TPSA) is 46.5 Å². The van der Waals surface area contributed by atoms with Crippen LogP contribution in [0.15, 0.2) is 0 Å². The van der Waals surface area contributed by atoms with E-state index in [0.717, 1.165) is 25.7 Å². The van der Waals surface area contributed by atoms with Gasteiger partial charge in [-0.05, 0) is 12.8 Å². The van der Waals surface area contributed by atoms with Gasteiger partial charge in [0.25, 0.3) is 0 Å². The monoisotopic (exact) mass is 234 g/mol. The summed E-state index contributed by atoms with van der Waals surface area (Å²) in [5, 5.41) is 9.02. The predicted octanol–water partition coefficient (Wildman–Crippen LogP) is 2.22. The van der Waals surface area contributed by atoms with E-state index in [1.54, 1.807) is 11.8 Å². The first-order valence-corrected chi connectivity index (χ1v) is 6.44.